The van der Waals surface area contributed by atoms with E-state index in [1.807, 2.05) is 12.1 Å². The van der Waals surface area contributed by atoms with Crippen LogP contribution in [0.5, 0.6) is 0 Å². The summed E-state index contributed by atoms with van der Waals surface area (Å²) in [6.07, 6.45) is 3.95. The number of hydrogen-bond donors (Lipinski definition) is 1. The number of ether oxygens (including phenoxy) is 1. The summed E-state index contributed by atoms with van der Waals surface area (Å²) >= 11 is 0. The molecule has 0 radical (unpaired) electrons. The largest absolute Gasteiger partial charge is 0.464 e. The van der Waals surface area contributed by atoms with Gasteiger partial charge in [-0.05, 0) is 34.8 Å². The van der Waals surface area contributed by atoms with Crippen LogP contribution in [0.3, 0.4) is 0 Å². The van der Waals surface area contributed by atoms with E-state index in [1.165, 1.54) is 29.4 Å². The minimum Gasteiger partial charge on any atom is -0.464 e. The Bertz CT molecular complexity index is 934. The summed E-state index contributed by atoms with van der Waals surface area (Å²) in [5, 5.41) is 0. The first-order valence-electron chi connectivity index (χ1n) is 8.38. The lowest BCUT2D eigenvalue weighted by atomic mass is 9.98. The first-order chi connectivity index (χ1) is 12.2. The van der Waals surface area contributed by atoms with E-state index in [0.717, 1.165) is 24.1 Å². The van der Waals surface area contributed by atoms with E-state index in [4.69, 9.17) is 4.74 Å². The third kappa shape index (κ3) is 3.01. The number of aromatic amines is 1. The van der Waals surface area contributed by atoms with Crippen LogP contribution in [0, 0.1) is 0 Å². The lowest BCUT2D eigenvalue weighted by Gasteiger charge is -2.06. The van der Waals surface area contributed by atoms with E-state index < -0.39 is 0 Å². The molecule has 3 aromatic rings. The van der Waals surface area contributed by atoms with E-state index in [1.54, 1.807) is 0 Å². The van der Waals surface area contributed by atoms with Crippen molar-refractivity contribution < 1.29 is 9.53 Å². The molecule has 3 heteroatoms. The summed E-state index contributed by atoms with van der Waals surface area (Å²) in [6, 6.07) is 21.0. The number of carbonyl (C=O) groups excluding carboxylic acids is 1. The Morgan fingerprint density at radius 1 is 1.04 bits per heavy atom. The molecule has 0 amide bonds. The molecule has 0 saturated carbocycles. The fourth-order valence-corrected chi connectivity index (χ4v) is 3.34. The Hall–Kier alpha value is -3.07. The molecular formula is C22H19NO2. The van der Waals surface area contributed by atoms with Gasteiger partial charge in [0.1, 0.15) is 5.69 Å². The smallest absolute Gasteiger partial charge is 0.354 e. The van der Waals surface area contributed by atoms with Crippen LogP contribution in [0.2, 0.25) is 0 Å². The number of hydrogen-bond acceptors (Lipinski definition) is 2. The van der Waals surface area contributed by atoms with Gasteiger partial charge in [0.05, 0.1) is 7.11 Å². The summed E-state index contributed by atoms with van der Waals surface area (Å²) in [6.45, 7) is 0. The molecule has 1 aliphatic rings. The van der Waals surface area contributed by atoms with Gasteiger partial charge in [0.25, 0.3) is 0 Å². The number of H-pyrrole nitrogens is 1. The molecule has 1 N–H and O–H groups in total. The molecule has 1 aliphatic carbocycles. The van der Waals surface area contributed by atoms with Gasteiger partial charge in [-0.3, -0.25) is 0 Å². The number of fused-ring (bicyclic) bond motifs is 1. The highest BCUT2D eigenvalue weighted by Gasteiger charge is 2.21. The summed E-state index contributed by atoms with van der Waals surface area (Å²) < 4.78 is 4.80. The van der Waals surface area contributed by atoms with Crippen LogP contribution in [0.15, 0.2) is 66.7 Å². The van der Waals surface area contributed by atoms with Crippen molar-refractivity contribution in [1.82, 2.24) is 4.98 Å². The third-order valence-corrected chi connectivity index (χ3v) is 4.62. The summed E-state index contributed by atoms with van der Waals surface area (Å²) in [5.74, 6) is -0.327. The van der Waals surface area contributed by atoms with Crippen LogP contribution >= 0.6 is 0 Å². The van der Waals surface area contributed by atoms with E-state index in [0.29, 0.717) is 5.69 Å². The summed E-state index contributed by atoms with van der Waals surface area (Å²) in [5.41, 5.74) is 7.63. The predicted molar refractivity (Wildman–Crippen MR) is 98.6 cm³/mol. The van der Waals surface area contributed by atoms with Gasteiger partial charge in [-0.15, -0.1) is 0 Å². The molecule has 0 unspecified atom stereocenters. The molecule has 2 aromatic carbocycles. The fourth-order valence-electron chi connectivity index (χ4n) is 3.34. The van der Waals surface area contributed by atoms with Crippen molar-refractivity contribution in [3.63, 3.8) is 0 Å². The SMILES string of the molecule is COC(=O)c1cc2c([nH]1)CC=C2c1ccc(Cc2ccccc2)cc1. The maximum atomic E-state index is 11.7. The highest BCUT2D eigenvalue weighted by Crippen LogP contribution is 2.33. The normalized spacial score (nSPS) is 12.6. The maximum absolute atomic E-state index is 11.7. The quantitative estimate of drug-likeness (QED) is 0.722. The average Bonchev–Trinajstić information content (AvgIpc) is 3.23. The van der Waals surface area contributed by atoms with Gasteiger partial charge in [-0.1, -0.05) is 60.7 Å². The highest BCUT2D eigenvalue weighted by molar-refractivity contribution is 5.92. The average molecular weight is 329 g/mol. The summed E-state index contributed by atoms with van der Waals surface area (Å²) in [4.78, 5) is 14.9. The number of rotatable bonds is 4. The van der Waals surface area contributed by atoms with E-state index in [9.17, 15) is 4.79 Å². The Morgan fingerprint density at radius 3 is 2.48 bits per heavy atom. The zero-order chi connectivity index (χ0) is 17.2. The molecule has 1 aromatic heterocycles. The van der Waals surface area contributed by atoms with Crippen molar-refractivity contribution in [3.8, 4) is 0 Å². The predicted octanol–water partition coefficient (Wildman–Crippen LogP) is 4.38. The lowest BCUT2D eigenvalue weighted by Crippen LogP contribution is -2.01. The first kappa shape index (κ1) is 15.5. The van der Waals surface area contributed by atoms with Crippen LogP contribution in [-0.4, -0.2) is 18.1 Å². The van der Waals surface area contributed by atoms with Gasteiger partial charge in [-0.25, -0.2) is 4.79 Å². The zero-order valence-corrected chi connectivity index (χ0v) is 14.1. The van der Waals surface area contributed by atoms with Crippen molar-refractivity contribution >= 4 is 11.5 Å². The molecule has 0 atom stereocenters. The van der Waals surface area contributed by atoms with Crippen molar-refractivity contribution in [2.75, 3.05) is 7.11 Å². The number of allylic oxidation sites excluding steroid dienone is 1. The minimum atomic E-state index is -0.327. The first-order valence-corrected chi connectivity index (χ1v) is 8.38. The Morgan fingerprint density at radius 2 is 1.76 bits per heavy atom. The molecule has 4 rings (SSSR count). The molecular weight excluding hydrogens is 310 g/mol. The molecule has 0 saturated heterocycles. The molecule has 0 spiro atoms. The third-order valence-electron chi connectivity index (χ3n) is 4.62. The van der Waals surface area contributed by atoms with Crippen molar-refractivity contribution in [2.45, 2.75) is 12.8 Å². The Balaban J connectivity index is 1.56. The molecule has 0 fully saturated rings. The Kier molecular flexibility index (Phi) is 3.98. The van der Waals surface area contributed by atoms with Gasteiger partial charge in [0.15, 0.2) is 0 Å². The molecule has 25 heavy (non-hydrogen) atoms. The van der Waals surface area contributed by atoms with Crippen LogP contribution in [0.1, 0.15) is 38.4 Å². The van der Waals surface area contributed by atoms with Gasteiger partial charge in [0.2, 0.25) is 0 Å². The van der Waals surface area contributed by atoms with Crippen LogP contribution in [-0.2, 0) is 17.6 Å². The number of methoxy groups -OCH3 is 1. The number of benzene rings is 2. The number of carbonyl (C=O) groups is 1. The molecule has 124 valence electrons. The zero-order valence-electron chi connectivity index (χ0n) is 14.1. The van der Waals surface area contributed by atoms with Crippen LogP contribution < -0.4 is 0 Å². The van der Waals surface area contributed by atoms with Crippen molar-refractivity contribution in [3.05, 3.63) is 100 Å². The minimum absolute atomic E-state index is 0.327. The van der Waals surface area contributed by atoms with Crippen molar-refractivity contribution in [1.29, 1.82) is 0 Å². The second-order valence-corrected chi connectivity index (χ2v) is 6.25. The standard InChI is InChI=1S/C22H19NO2/c1-25-22(24)21-14-19-18(11-12-20(19)23-21)17-9-7-16(8-10-17)13-15-5-3-2-4-6-15/h2-11,14,23H,12-13H2,1H3. The topological polar surface area (TPSA) is 42.1 Å². The molecule has 0 aliphatic heterocycles. The second-order valence-electron chi connectivity index (χ2n) is 6.25. The maximum Gasteiger partial charge on any atom is 0.354 e. The highest BCUT2D eigenvalue weighted by atomic mass is 16.5. The second kappa shape index (κ2) is 6.44. The van der Waals surface area contributed by atoms with Crippen LogP contribution in [0.4, 0.5) is 0 Å². The number of nitrogens with one attached hydrogen (secondary N) is 1. The van der Waals surface area contributed by atoms with Gasteiger partial charge in [-0.2, -0.15) is 0 Å². The van der Waals surface area contributed by atoms with Crippen molar-refractivity contribution in [2.24, 2.45) is 0 Å². The van der Waals surface area contributed by atoms with Gasteiger partial charge >= 0.3 is 5.97 Å². The Labute approximate surface area is 147 Å². The molecule has 0 bridgehead atoms. The number of esters is 1. The lowest BCUT2D eigenvalue weighted by molar-refractivity contribution is 0.0594. The monoisotopic (exact) mass is 329 g/mol. The van der Waals surface area contributed by atoms with E-state index in [-0.39, 0.29) is 5.97 Å². The number of aromatic nitrogens is 1. The van der Waals surface area contributed by atoms with E-state index >= 15 is 0 Å². The van der Waals surface area contributed by atoms with Gasteiger partial charge < -0.3 is 9.72 Å². The van der Waals surface area contributed by atoms with Gasteiger partial charge in [0, 0.05) is 17.7 Å². The van der Waals surface area contributed by atoms with E-state index in [2.05, 4.69) is 59.6 Å². The molecule has 1 heterocycles. The fraction of sp³-hybridized carbons (Fsp3) is 0.136. The molecule has 3 nitrogen and oxygen atoms in total. The summed E-state index contributed by atoms with van der Waals surface area (Å²) in [7, 11) is 1.40. The van der Waals surface area contributed by atoms with Crippen LogP contribution in [0.25, 0.3) is 5.57 Å².